The molecule has 1 amide bonds. The van der Waals surface area contributed by atoms with E-state index in [0.29, 0.717) is 19.4 Å². The van der Waals surface area contributed by atoms with E-state index in [9.17, 15) is 4.79 Å². The standard InChI is InChI=1S/C24H28N4O2/c1-6-21-20(19-9-7-8-10-22(19)30-21)14-27(5)24(29)12-11-18-16(3)25-23-13-15(2)26-28(23)17(18)4/h7-10,13H,6,11-12,14H2,1-5H3. The summed E-state index contributed by atoms with van der Waals surface area (Å²) in [4.78, 5) is 19.4. The molecule has 4 rings (SSSR count). The molecule has 1 aromatic carbocycles. The molecule has 0 aliphatic rings. The van der Waals surface area contributed by atoms with Gasteiger partial charge in [-0.2, -0.15) is 5.10 Å². The fourth-order valence-corrected chi connectivity index (χ4v) is 4.16. The number of para-hydroxylation sites is 1. The van der Waals surface area contributed by atoms with Crippen molar-refractivity contribution in [3.63, 3.8) is 0 Å². The maximum Gasteiger partial charge on any atom is 0.222 e. The number of hydrogen-bond acceptors (Lipinski definition) is 4. The highest BCUT2D eigenvalue weighted by atomic mass is 16.3. The Labute approximate surface area is 176 Å². The molecule has 0 radical (unpaired) electrons. The van der Waals surface area contributed by atoms with Crippen molar-refractivity contribution in [2.24, 2.45) is 0 Å². The van der Waals surface area contributed by atoms with Gasteiger partial charge in [0.1, 0.15) is 11.3 Å². The smallest absolute Gasteiger partial charge is 0.222 e. The van der Waals surface area contributed by atoms with Gasteiger partial charge in [-0.1, -0.05) is 25.1 Å². The summed E-state index contributed by atoms with van der Waals surface area (Å²) in [5, 5.41) is 5.61. The number of fused-ring (bicyclic) bond motifs is 2. The molecule has 6 heteroatoms. The van der Waals surface area contributed by atoms with Gasteiger partial charge in [0.2, 0.25) is 5.91 Å². The van der Waals surface area contributed by atoms with Crippen molar-refractivity contribution < 1.29 is 9.21 Å². The van der Waals surface area contributed by atoms with Gasteiger partial charge in [-0.3, -0.25) is 4.79 Å². The van der Waals surface area contributed by atoms with Crippen LogP contribution >= 0.6 is 0 Å². The third-order valence-corrected chi connectivity index (χ3v) is 5.80. The molecule has 0 spiro atoms. The number of carbonyl (C=O) groups is 1. The minimum absolute atomic E-state index is 0.109. The number of benzene rings is 1. The second kappa shape index (κ2) is 7.94. The number of hydrogen-bond donors (Lipinski definition) is 0. The van der Waals surface area contributed by atoms with Gasteiger partial charge in [0.15, 0.2) is 5.65 Å². The van der Waals surface area contributed by atoms with E-state index < -0.39 is 0 Å². The third kappa shape index (κ3) is 3.58. The summed E-state index contributed by atoms with van der Waals surface area (Å²) in [5.74, 6) is 1.06. The van der Waals surface area contributed by atoms with Gasteiger partial charge in [-0.15, -0.1) is 0 Å². The van der Waals surface area contributed by atoms with Crippen LogP contribution in [0.2, 0.25) is 0 Å². The van der Waals surface area contributed by atoms with Gasteiger partial charge >= 0.3 is 0 Å². The molecule has 0 atom stereocenters. The van der Waals surface area contributed by atoms with E-state index in [1.54, 1.807) is 4.90 Å². The summed E-state index contributed by atoms with van der Waals surface area (Å²) >= 11 is 0. The molecule has 0 saturated carbocycles. The van der Waals surface area contributed by atoms with Crippen LogP contribution in [0.5, 0.6) is 0 Å². The van der Waals surface area contributed by atoms with Crippen LogP contribution in [0.15, 0.2) is 34.7 Å². The van der Waals surface area contributed by atoms with Gasteiger partial charge in [0.25, 0.3) is 0 Å². The number of rotatable bonds is 6. The van der Waals surface area contributed by atoms with Crippen molar-refractivity contribution in [3.8, 4) is 0 Å². The molecule has 0 fully saturated rings. The first kappa shape index (κ1) is 20.1. The van der Waals surface area contributed by atoms with Gasteiger partial charge in [0, 0.05) is 54.8 Å². The lowest BCUT2D eigenvalue weighted by molar-refractivity contribution is -0.130. The van der Waals surface area contributed by atoms with E-state index in [-0.39, 0.29) is 5.91 Å². The first-order valence-corrected chi connectivity index (χ1v) is 10.4. The Morgan fingerprint density at radius 1 is 1.17 bits per heavy atom. The summed E-state index contributed by atoms with van der Waals surface area (Å²) in [6.07, 6.45) is 1.89. The lowest BCUT2D eigenvalue weighted by Gasteiger charge is -2.18. The van der Waals surface area contributed by atoms with Gasteiger partial charge in [-0.25, -0.2) is 9.50 Å². The lowest BCUT2D eigenvalue weighted by atomic mass is 10.1. The molecule has 0 aliphatic carbocycles. The molecule has 0 saturated heterocycles. The molecule has 4 aromatic rings. The van der Waals surface area contributed by atoms with Crippen LogP contribution in [0.1, 0.15) is 47.3 Å². The average molecular weight is 405 g/mol. The van der Waals surface area contributed by atoms with Crippen LogP contribution in [-0.2, 0) is 24.2 Å². The molecular weight excluding hydrogens is 376 g/mol. The first-order chi connectivity index (χ1) is 14.4. The molecule has 0 unspecified atom stereocenters. The van der Waals surface area contributed by atoms with E-state index in [4.69, 9.17) is 4.42 Å². The molecule has 3 aromatic heterocycles. The highest BCUT2D eigenvalue weighted by Crippen LogP contribution is 2.27. The number of carbonyl (C=O) groups excluding carboxylic acids is 1. The van der Waals surface area contributed by atoms with Crippen LogP contribution in [0.25, 0.3) is 16.6 Å². The van der Waals surface area contributed by atoms with Crippen molar-refractivity contribution in [2.45, 2.75) is 53.5 Å². The molecule has 0 aliphatic heterocycles. The largest absolute Gasteiger partial charge is 0.461 e. The van der Waals surface area contributed by atoms with Gasteiger partial charge < -0.3 is 9.32 Å². The van der Waals surface area contributed by atoms with Gasteiger partial charge in [0.05, 0.1) is 5.69 Å². The second-order valence-electron chi connectivity index (χ2n) is 7.92. The van der Waals surface area contributed by atoms with Crippen molar-refractivity contribution in [2.75, 3.05) is 7.05 Å². The summed E-state index contributed by atoms with van der Waals surface area (Å²) in [6.45, 7) is 8.64. The molecule has 30 heavy (non-hydrogen) atoms. The van der Waals surface area contributed by atoms with Crippen molar-refractivity contribution in [1.82, 2.24) is 19.5 Å². The van der Waals surface area contributed by atoms with Crippen molar-refractivity contribution in [3.05, 3.63) is 64.3 Å². The number of furan rings is 1. The molecule has 6 nitrogen and oxygen atoms in total. The van der Waals surface area contributed by atoms with Gasteiger partial charge in [-0.05, 0) is 38.8 Å². The first-order valence-electron chi connectivity index (χ1n) is 10.4. The SMILES string of the molecule is CCc1oc2ccccc2c1CN(C)C(=O)CCc1c(C)nc2cc(C)nn2c1C. The van der Waals surface area contributed by atoms with Crippen LogP contribution in [0.3, 0.4) is 0 Å². The lowest BCUT2D eigenvalue weighted by Crippen LogP contribution is -2.27. The normalized spacial score (nSPS) is 11.5. The molecule has 156 valence electrons. The number of aryl methyl sites for hydroxylation is 4. The fraction of sp³-hybridized carbons (Fsp3) is 0.375. The predicted octanol–water partition coefficient (Wildman–Crippen LogP) is 4.55. The highest BCUT2D eigenvalue weighted by molar-refractivity contribution is 5.83. The minimum atomic E-state index is 0.109. The van der Waals surface area contributed by atoms with E-state index in [1.165, 1.54) is 0 Å². The summed E-state index contributed by atoms with van der Waals surface area (Å²) < 4.78 is 7.85. The monoisotopic (exact) mass is 404 g/mol. The van der Waals surface area contributed by atoms with Crippen molar-refractivity contribution >= 4 is 22.5 Å². The second-order valence-corrected chi connectivity index (χ2v) is 7.92. The summed E-state index contributed by atoms with van der Waals surface area (Å²) in [6, 6.07) is 9.99. The quantitative estimate of drug-likeness (QED) is 0.473. The van der Waals surface area contributed by atoms with E-state index in [0.717, 1.165) is 57.0 Å². The zero-order valence-corrected chi connectivity index (χ0v) is 18.3. The maximum absolute atomic E-state index is 12.9. The average Bonchev–Trinajstić information content (AvgIpc) is 3.27. The number of aromatic nitrogens is 3. The highest BCUT2D eigenvalue weighted by Gasteiger charge is 2.18. The Morgan fingerprint density at radius 2 is 1.93 bits per heavy atom. The zero-order valence-electron chi connectivity index (χ0n) is 18.3. The predicted molar refractivity (Wildman–Crippen MR) is 118 cm³/mol. The topological polar surface area (TPSA) is 63.6 Å². The Morgan fingerprint density at radius 3 is 2.70 bits per heavy atom. The Kier molecular flexibility index (Phi) is 5.33. The fourth-order valence-electron chi connectivity index (χ4n) is 4.16. The van der Waals surface area contributed by atoms with E-state index in [1.807, 2.05) is 56.6 Å². The van der Waals surface area contributed by atoms with Crippen LogP contribution in [0.4, 0.5) is 0 Å². The number of amides is 1. The van der Waals surface area contributed by atoms with Crippen LogP contribution < -0.4 is 0 Å². The minimum Gasteiger partial charge on any atom is -0.461 e. The maximum atomic E-state index is 12.9. The Balaban J connectivity index is 1.51. The van der Waals surface area contributed by atoms with E-state index in [2.05, 4.69) is 23.1 Å². The van der Waals surface area contributed by atoms with Crippen LogP contribution in [0, 0.1) is 20.8 Å². The Hall–Kier alpha value is -3.15. The molecule has 0 bridgehead atoms. The zero-order chi connectivity index (χ0) is 21.4. The van der Waals surface area contributed by atoms with Crippen LogP contribution in [-0.4, -0.2) is 32.5 Å². The van der Waals surface area contributed by atoms with Crippen molar-refractivity contribution in [1.29, 1.82) is 0 Å². The van der Waals surface area contributed by atoms with E-state index >= 15 is 0 Å². The Bertz CT molecular complexity index is 1240. The third-order valence-electron chi connectivity index (χ3n) is 5.80. The summed E-state index contributed by atoms with van der Waals surface area (Å²) in [7, 11) is 1.86. The molecule has 3 heterocycles. The molecule has 0 N–H and O–H groups in total. The number of nitrogens with zero attached hydrogens (tertiary/aromatic N) is 4. The summed E-state index contributed by atoms with van der Waals surface area (Å²) in [5.41, 5.74) is 6.89. The molecular formula is C24H28N4O2.